The van der Waals surface area contributed by atoms with Crippen LogP contribution in [0.5, 0.6) is 0 Å². The van der Waals surface area contributed by atoms with Gasteiger partial charge in [0.2, 0.25) is 5.56 Å². The van der Waals surface area contributed by atoms with Crippen LogP contribution in [0, 0.1) is 13.8 Å². The van der Waals surface area contributed by atoms with Gasteiger partial charge in [-0.25, -0.2) is 0 Å². The van der Waals surface area contributed by atoms with Crippen LogP contribution in [0.25, 0.3) is 21.8 Å². The van der Waals surface area contributed by atoms with Gasteiger partial charge in [-0.3, -0.25) is 9.78 Å². The summed E-state index contributed by atoms with van der Waals surface area (Å²) in [5, 5.41) is 1.85. The van der Waals surface area contributed by atoms with E-state index in [1.807, 2.05) is 37.3 Å². The normalized spacial score (nSPS) is 12.6. The van der Waals surface area contributed by atoms with Crippen molar-refractivity contribution in [3.8, 4) is 0 Å². The van der Waals surface area contributed by atoms with E-state index in [0.29, 0.717) is 0 Å². The number of pyridine rings is 2. The molecule has 2 aromatic carbocycles. The van der Waals surface area contributed by atoms with Crippen molar-refractivity contribution in [3.05, 3.63) is 87.3 Å². The fourth-order valence-electron chi connectivity index (χ4n) is 3.35. The number of benzene rings is 2. The van der Waals surface area contributed by atoms with Crippen LogP contribution in [0.1, 0.15) is 27.6 Å². The quantitative estimate of drug-likeness (QED) is 0.516. The van der Waals surface area contributed by atoms with Crippen LogP contribution in [0.15, 0.2) is 59.4 Å². The minimum absolute atomic E-state index is 0.123. The van der Waals surface area contributed by atoms with Crippen LogP contribution in [0.2, 0.25) is 0 Å². The molecule has 0 spiro atoms. The lowest BCUT2D eigenvalue weighted by atomic mass is 9.99. The molecule has 2 heterocycles. The number of thiol groups is 1. The molecule has 4 rings (SSSR count). The van der Waals surface area contributed by atoms with Crippen molar-refractivity contribution >= 4 is 34.4 Å². The maximum absolute atomic E-state index is 12.1. The molecule has 25 heavy (non-hydrogen) atoms. The lowest BCUT2D eigenvalue weighted by Crippen LogP contribution is -2.10. The molecule has 1 unspecified atom stereocenters. The van der Waals surface area contributed by atoms with Crippen molar-refractivity contribution in [2.75, 3.05) is 0 Å². The highest BCUT2D eigenvalue weighted by Gasteiger charge is 2.18. The number of rotatable bonds is 2. The van der Waals surface area contributed by atoms with Gasteiger partial charge in [-0.1, -0.05) is 36.4 Å². The summed E-state index contributed by atoms with van der Waals surface area (Å²) in [6.07, 6.45) is 0. The zero-order chi connectivity index (χ0) is 17.6. The minimum Gasteiger partial charge on any atom is -0.322 e. The third kappa shape index (κ3) is 2.72. The highest BCUT2D eigenvalue weighted by molar-refractivity contribution is 7.80. The second kappa shape index (κ2) is 6.05. The Hall–Kier alpha value is -2.59. The summed E-state index contributed by atoms with van der Waals surface area (Å²) in [6.45, 7) is 4.10. The third-order valence-corrected chi connectivity index (χ3v) is 5.14. The minimum atomic E-state index is -0.267. The van der Waals surface area contributed by atoms with Crippen molar-refractivity contribution in [1.29, 1.82) is 0 Å². The molecule has 0 aliphatic heterocycles. The number of aromatic nitrogens is 2. The number of nitrogens with one attached hydrogen (secondary N) is 1. The second-order valence-electron chi connectivity index (χ2n) is 6.37. The molecule has 124 valence electrons. The van der Waals surface area contributed by atoms with E-state index < -0.39 is 0 Å². The predicted octanol–water partition coefficient (Wildman–Crippen LogP) is 4.71. The van der Waals surface area contributed by atoms with Gasteiger partial charge in [0.05, 0.1) is 16.5 Å². The highest BCUT2D eigenvalue weighted by atomic mass is 32.1. The molecule has 0 amide bonds. The van der Waals surface area contributed by atoms with Crippen LogP contribution in [0.4, 0.5) is 0 Å². The number of aromatic amines is 1. The van der Waals surface area contributed by atoms with Crippen LogP contribution >= 0.6 is 12.6 Å². The molecule has 0 saturated heterocycles. The van der Waals surface area contributed by atoms with E-state index in [0.717, 1.165) is 44.2 Å². The van der Waals surface area contributed by atoms with Crippen molar-refractivity contribution in [2.45, 2.75) is 19.1 Å². The first-order chi connectivity index (χ1) is 12.0. The molecule has 0 aliphatic rings. The van der Waals surface area contributed by atoms with E-state index in [1.165, 1.54) is 0 Å². The van der Waals surface area contributed by atoms with Crippen LogP contribution in [0.3, 0.4) is 0 Å². The Morgan fingerprint density at radius 3 is 2.64 bits per heavy atom. The van der Waals surface area contributed by atoms with Gasteiger partial charge in [0.25, 0.3) is 0 Å². The van der Waals surface area contributed by atoms with Gasteiger partial charge in [0, 0.05) is 22.4 Å². The molecule has 1 atom stereocenters. The Kier molecular flexibility index (Phi) is 3.85. The highest BCUT2D eigenvalue weighted by Crippen LogP contribution is 2.34. The average molecular weight is 346 g/mol. The average Bonchev–Trinajstić information content (AvgIpc) is 2.60. The fourth-order valence-corrected chi connectivity index (χ4v) is 3.82. The monoisotopic (exact) mass is 346 g/mol. The summed E-state index contributed by atoms with van der Waals surface area (Å²) in [4.78, 5) is 19.9. The van der Waals surface area contributed by atoms with Crippen molar-refractivity contribution in [3.63, 3.8) is 0 Å². The molecule has 3 nitrogen and oxygen atoms in total. The Balaban J connectivity index is 1.97. The molecule has 0 bridgehead atoms. The molecule has 4 heteroatoms. The lowest BCUT2D eigenvalue weighted by molar-refractivity contribution is 1.05. The van der Waals surface area contributed by atoms with Crippen LogP contribution < -0.4 is 5.56 Å². The maximum Gasteiger partial charge on any atom is 0.248 e. The Bertz CT molecular complexity index is 1160. The van der Waals surface area contributed by atoms with Gasteiger partial charge < -0.3 is 4.98 Å². The van der Waals surface area contributed by atoms with E-state index in [4.69, 9.17) is 17.6 Å². The number of para-hydroxylation sites is 2. The van der Waals surface area contributed by atoms with Crippen molar-refractivity contribution in [2.24, 2.45) is 0 Å². The SMILES string of the molecule is Cc1cc2cccc(C)c2nc1C(S)c1cc(=O)[nH]c2ccccc12. The molecule has 1 N–H and O–H groups in total. The largest absolute Gasteiger partial charge is 0.322 e. The van der Waals surface area contributed by atoms with Gasteiger partial charge in [-0.15, -0.1) is 0 Å². The zero-order valence-corrected chi connectivity index (χ0v) is 15.0. The van der Waals surface area contributed by atoms with Gasteiger partial charge in [0.15, 0.2) is 0 Å². The van der Waals surface area contributed by atoms with Gasteiger partial charge >= 0.3 is 0 Å². The van der Waals surface area contributed by atoms with E-state index in [1.54, 1.807) is 6.07 Å². The number of aryl methyl sites for hydroxylation is 2. The number of fused-ring (bicyclic) bond motifs is 2. The second-order valence-corrected chi connectivity index (χ2v) is 6.89. The van der Waals surface area contributed by atoms with E-state index in [-0.39, 0.29) is 10.8 Å². The van der Waals surface area contributed by atoms with E-state index >= 15 is 0 Å². The van der Waals surface area contributed by atoms with Crippen LogP contribution in [-0.4, -0.2) is 9.97 Å². The van der Waals surface area contributed by atoms with Crippen molar-refractivity contribution in [1.82, 2.24) is 9.97 Å². The first-order valence-electron chi connectivity index (χ1n) is 8.21. The molecule has 2 aromatic heterocycles. The smallest absolute Gasteiger partial charge is 0.248 e. The number of hydrogen-bond acceptors (Lipinski definition) is 3. The Labute approximate surface area is 151 Å². The molecular weight excluding hydrogens is 328 g/mol. The molecule has 4 aromatic rings. The standard InChI is InChI=1S/C21H18N2OS/c1-12-6-5-7-14-10-13(2)20(23-19(12)14)21(25)16-11-18(24)22-17-9-4-3-8-15(16)17/h3-11,21,25H,1-2H3,(H,22,24). The summed E-state index contributed by atoms with van der Waals surface area (Å²) in [5.41, 5.74) is 5.65. The zero-order valence-electron chi connectivity index (χ0n) is 14.1. The van der Waals surface area contributed by atoms with Gasteiger partial charge in [0.1, 0.15) is 0 Å². The fraction of sp³-hybridized carbons (Fsp3) is 0.143. The maximum atomic E-state index is 12.1. The summed E-state index contributed by atoms with van der Waals surface area (Å²) in [6, 6.07) is 17.7. The topological polar surface area (TPSA) is 45.8 Å². The first kappa shape index (κ1) is 15.9. The number of H-pyrrole nitrogens is 1. The molecular formula is C21H18N2OS. The summed E-state index contributed by atoms with van der Waals surface area (Å²) < 4.78 is 0. The molecule has 0 saturated carbocycles. The molecule has 0 aliphatic carbocycles. The Morgan fingerprint density at radius 1 is 1.00 bits per heavy atom. The predicted molar refractivity (Wildman–Crippen MR) is 107 cm³/mol. The van der Waals surface area contributed by atoms with Crippen molar-refractivity contribution < 1.29 is 0 Å². The summed E-state index contributed by atoms with van der Waals surface area (Å²) in [7, 11) is 0. The number of nitrogens with zero attached hydrogens (tertiary/aromatic N) is 1. The number of hydrogen-bond donors (Lipinski definition) is 2. The van der Waals surface area contributed by atoms with Gasteiger partial charge in [-0.05, 0) is 42.7 Å². The van der Waals surface area contributed by atoms with Gasteiger partial charge in [-0.2, -0.15) is 12.6 Å². The lowest BCUT2D eigenvalue weighted by Gasteiger charge is -2.17. The van der Waals surface area contributed by atoms with E-state index in [2.05, 4.69) is 30.1 Å². The van der Waals surface area contributed by atoms with Crippen LogP contribution in [-0.2, 0) is 0 Å². The third-order valence-electron chi connectivity index (χ3n) is 4.61. The van der Waals surface area contributed by atoms with E-state index in [9.17, 15) is 4.79 Å². The summed E-state index contributed by atoms with van der Waals surface area (Å²) in [5.74, 6) is 0. The Morgan fingerprint density at radius 2 is 1.80 bits per heavy atom. The first-order valence-corrected chi connectivity index (χ1v) is 8.73. The molecule has 0 radical (unpaired) electrons. The molecule has 0 fully saturated rings. The summed E-state index contributed by atoms with van der Waals surface area (Å²) >= 11 is 4.85.